The molecule has 166 valence electrons. The van der Waals surface area contributed by atoms with Crippen molar-refractivity contribution in [2.75, 3.05) is 43.6 Å². The predicted octanol–water partition coefficient (Wildman–Crippen LogP) is 4.59. The zero-order valence-electron chi connectivity index (χ0n) is 18.1. The third-order valence-corrected chi connectivity index (χ3v) is 5.88. The van der Waals surface area contributed by atoms with Gasteiger partial charge >= 0.3 is 0 Å². The van der Waals surface area contributed by atoms with Gasteiger partial charge in [0, 0.05) is 44.7 Å². The fourth-order valence-corrected chi connectivity index (χ4v) is 3.90. The van der Waals surface area contributed by atoms with Gasteiger partial charge in [0.15, 0.2) is 0 Å². The molecule has 31 heavy (non-hydrogen) atoms. The second-order valence-corrected chi connectivity index (χ2v) is 8.34. The number of benzene rings is 2. The quantitative estimate of drug-likeness (QED) is 0.585. The summed E-state index contributed by atoms with van der Waals surface area (Å²) in [7, 11) is 1.64. The van der Waals surface area contributed by atoms with Crippen molar-refractivity contribution in [1.29, 1.82) is 0 Å². The van der Waals surface area contributed by atoms with E-state index in [0.29, 0.717) is 40.9 Å². The molecule has 1 saturated heterocycles. The Morgan fingerprint density at radius 2 is 1.84 bits per heavy atom. The van der Waals surface area contributed by atoms with Gasteiger partial charge in [0.25, 0.3) is 11.8 Å². The molecule has 0 atom stereocenters. The molecule has 0 aliphatic carbocycles. The normalized spacial score (nSPS) is 14.4. The van der Waals surface area contributed by atoms with E-state index < -0.39 is 0 Å². The molecule has 2 N–H and O–H groups in total. The van der Waals surface area contributed by atoms with Gasteiger partial charge in [-0.25, -0.2) is 0 Å². The average Bonchev–Trinajstić information content (AvgIpc) is 2.77. The van der Waals surface area contributed by atoms with Crippen LogP contribution in [0.5, 0.6) is 0 Å². The lowest BCUT2D eigenvalue weighted by Crippen LogP contribution is -2.35. The molecule has 0 saturated carbocycles. The Balaban J connectivity index is 1.82. The van der Waals surface area contributed by atoms with Crippen LogP contribution in [-0.2, 0) is 4.74 Å². The summed E-state index contributed by atoms with van der Waals surface area (Å²) < 4.78 is 5.06. The standard InChI is InChI=1S/C24H30ClN3O3/c1-17-10-13-28(14-11-17)22-9-8-18(16-20(22)23(29)26-12-5-15-31-2)27-24(30)19-6-3-4-7-21(19)25/h3-4,6-9,16-17H,5,10-15H2,1-2H3,(H,26,29)(H,27,30). The van der Waals surface area contributed by atoms with Crippen molar-refractivity contribution in [3.8, 4) is 0 Å². The number of rotatable bonds is 8. The molecule has 6 nitrogen and oxygen atoms in total. The van der Waals surface area contributed by atoms with Crippen LogP contribution >= 0.6 is 11.6 Å². The van der Waals surface area contributed by atoms with E-state index >= 15 is 0 Å². The Morgan fingerprint density at radius 3 is 2.55 bits per heavy atom. The Labute approximate surface area is 188 Å². The minimum atomic E-state index is -0.309. The number of carbonyl (C=O) groups is 2. The zero-order valence-corrected chi connectivity index (χ0v) is 18.9. The maximum Gasteiger partial charge on any atom is 0.257 e. The third-order valence-electron chi connectivity index (χ3n) is 5.55. The molecule has 2 aromatic rings. The maximum absolute atomic E-state index is 13.0. The highest BCUT2D eigenvalue weighted by molar-refractivity contribution is 6.34. The maximum atomic E-state index is 13.0. The summed E-state index contributed by atoms with van der Waals surface area (Å²) in [6.07, 6.45) is 2.93. The summed E-state index contributed by atoms with van der Waals surface area (Å²) in [5.41, 5.74) is 2.40. The first-order valence-corrected chi connectivity index (χ1v) is 11.1. The number of ether oxygens (including phenoxy) is 1. The highest BCUT2D eigenvalue weighted by Gasteiger charge is 2.22. The molecule has 0 bridgehead atoms. The van der Waals surface area contributed by atoms with Gasteiger partial charge in [-0.1, -0.05) is 30.7 Å². The molecule has 0 radical (unpaired) electrons. The second-order valence-electron chi connectivity index (χ2n) is 7.94. The number of anilines is 2. The van der Waals surface area contributed by atoms with Crippen LogP contribution in [0.1, 0.15) is 46.9 Å². The van der Waals surface area contributed by atoms with Crippen LogP contribution in [-0.4, -0.2) is 45.2 Å². The highest BCUT2D eigenvalue weighted by atomic mass is 35.5. The molecule has 0 aromatic heterocycles. The van der Waals surface area contributed by atoms with Crippen LogP contribution in [0.2, 0.25) is 5.02 Å². The van der Waals surface area contributed by atoms with Crippen molar-refractivity contribution in [2.24, 2.45) is 5.92 Å². The summed E-state index contributed by atoms with van der Waals surface area (Å²) in [5.74, 6) is 0.229. The number of nitrogens with zero attached hydrogens (tertiary/aromatic N) is 1. The van der Waals surface area contributed by atoms with Crippen LogP contribution in [0.4, 0.5) is 11.4 Å². The van der Waals surface area contributed by atoms with Gasteiger partial charge in [0.2, 0.25) is 0 Å². The highest BCUT2D eigenvalue weighted by Crippen LogP contribution is 2.29. The lowest BCUT2D eigenvalue weighted by atomic mass is 9.97. The van der Waals surface area contributed by atoms with Crippen LogP contribution in [0.15, 0.2) is 42.5 Å². The average molecular weight is 444 g/mol. The first-order valence-electron chi connectivity index (χ1n) is 10.7. The van der Waals surface area contributed by atoms with E-state index in [-0.39, 0.29) is 11.8 Å². The first-order chi connectivity index (χ1) is 15.0. The van der Waals surface area contributed by atoms with Gasteiger partial charge in [-0.15, -0.1) is 0 Å². The molecular weight excluding hydrogens is 414 g/mol. The Kier molecular flexibility index (Phi) is 8.32. The zero-order chi connectivity index (χ0) is 22.2. The molecule has 3 rings (SSSR count). The van der Waals surface area contributed by atoms with Crippen molar-refractivity contribution in [1.82, 2.24) is 5.32 Å². The van der Waals surface area contributed by atoms with Crippen molar-refractivity contribution in [3.63, 3.8) is 0 Å². The summed E-state index contributed by atoms with van der Waals surface area (Å²) in [4.78, 5) is 27.9. The molecule has 1 aliphatic heterocycles. The molecule has 0 unspecified atom stereocenters. The van der Waals surface area contributed by atoms with E-state index in [4.69, 9.17) is 16.3 Å². The summed E-state index contributed by atoms with van der Waals surface area (Å²) in [5, 5.41) is 6.21. The predicted molar refractivity (Wildman–Crippen MR) is 125 cm³/mol. The monoisotopic (exact) mass is 443 g/mol. The largest absolute Gasteiger partial charge is 0.385 e. The number of halogens is 1. The molecule has 7 heteroatoms. The van der Waals surface area contributed by atoms with Gasteiger partial charge in [-0.3, -0.25) is 9.59 Å². The van der Waals surface area contributed by atoms with Gasteiger partial charge in [-0.2, -0.15) is 0 Å². The van der Waals surface area contributed by atoms with E-state index in [1.165, 1.54) is 0 Å². The number of piperidine rings is 1. The fourth-order valence-electron chi connectivity index (χ4n) is 3.68. The number of hydrogen-bond donors (Lipinski definition) is 2. The lowest BCUT2D eigenvalue weighted by Gasteiger charge is -2.33. The Morgan fingerprint density at radius 1 is 1.10 bits per heavy atom. The van der Waals surface area contributed by atoms with E-state index in [1.807, 2.05) is 12.1 Å². The van der Waals surface area contributed by atoms with Gasteiger partial charge in [0.1, 0.15) is 0 Å². The third kappa shape index (κ3) is 6.21. The second kappa shape index (κ2) is 11.2. The minimum Gasteiger partial charge on any atom is -0.385 e. The van der Waals surface area contributed by atoms with Crippen molar-refractivity contribution >= 4 is 34.8 Å². The van der Waals surface area contributed by atoms with E-state index in [1.54, 1.807) is 37.4 Å². The van der Waals surface area contributed by atoms with Gasteiger partial charge < -0.3 is 20.3 Å². The molecule has 2 amide bonds. The number of hydrogen-bond acceptors (Lipinski definition) is 4. The summed E-state index contributed by atoms with van der Waals surface area (Å²) in [6.45, 7) is 5.20. The van der Waals surface area contributed by atoms with Gasteiger partial charge in [-0.05, 0) is 55.5 Å². The van der Waals surface area contributed by atoms with E-state index in [9.17, 15) is 9.59 Å². The van der Waals surface area contributed by atoms with Gasteiger partial charge in [0.05, 0.1) is 16.1 Å². The molecule has 1 heterocycles. The number of methoxy groups -OCH3 is 1. The van der Waals surface area contributed by atoms with Crippen molar-refractivity contribution in [3.05, 3.63) is 58.6 Å². The van der Waals surface area contributed by atoms with Crippen LogP contribution in [0.25, 0.3) is 0 Å². The minimum absolute atomic E-state index is 0.154. The molecule has 1 aliphatic rings. The van der Waals surface area contributed by atoms with Crippen LogP contribution < -0.4 is 15.5 Å². The van der Waals surface area contributed by atoms with E-state index in [2.05, 4.69) is 22.5 Å². The molecule has 2 aromatic carbocycles. The Hall–Kier alpha value is -2.57. The summed E-state index contributed by atoms with van der Waals surface area (Å²) in [6, 6.07) is 12.4. The first kappa shape index (κ1) is 23.1. The summed E-state index contributed by atoms with van der Waals surface area (Å²) >= 11 is 6.15. The van der Waals surface area contributed by atoms with E-state index in [0.717, 1.165) is 38.0 Å². The van der Waals surface area contributed by atoms with Crippen molar-refractivity contribution < 1.29 is 14.3 Å². The molecular formula is C24H30ClN3O3. The number of carbonyl (C=O) groups excluding carboxylic acids is 2. The SMILES string of the molecule is COCCCNC(=O)c1cc(NC(=O)c2ccccc2Cl)ccc1N1CCC(C)CC1. The topological polar surface area (TPSA) is 70.7 Å². The lowest BCUT2D eigenvalue weighted by molar-refractivity contribution is 0.0947. The molecule has 1 fully saturated rings. The fraction of sp³-hybridized carbons (Fsp3) is 0.417. The van der Waals surface area contributed by atoms with Crippen molar-refractivity contribution in [2.45, 2.75) is 26.2 Å². The smallest absolute Gasteiger partial charge is 0.257 e. The Bertz CT molecular complexity index is 911. The van der Waals surface area contributed by atoms with Crippen LogP contribution in [0, 0.1) is 5.92 Å². The number of amides is 2. The van der Waals surface area contributed by atoms with Crippen LogP contribution in [0.3, 0.4) is 0 Å². The molecule has 0 spiro atoms. The number of nitrogens with one attached hydrogen (secondary N) is 2.